The largest absolute Gasteiger partial charge is 0.465 e. The van der Waals surface area contributed by atoms with Gasteiger partial charge in [0.05, 0.1) is 12.1 Å². The van der Waals surface area contributed by atoms with Gasteiger partial charge < -0.3 is 19.7 Å². The summed E-state index contributed by atoms with van der Waals surface area (Å²) >= 11 is 0. The average Bonchev–Trinajstić information content (AvgIpc) is 2.82. The highest BCUT2D eigenvalue weighted by Gasteiger charge is 2.35. The van der Waals surface area contributed by atoms with Gasteiger partial charge in [-0.15, -0.1) is 0 Å². The van der Waals surface area contributed by atoms with Crippen molar-refractivity contribution in [3.63, 3.8) is 0 Å². The van der Waals surface area contributed by atoms with Gasteiger partial charge in [-0.25, -0.2) is 0 Å². The van der Waals surface area contributed by atoms with Gasteiger partial charge >= 0.3 is 0 Å². The van der Waals surface area contributed by atoms with Gasteiger partial charge in [0.2, 0.25) is 0 Å². The maximum absolute atomic E-state index is 12.0. The standard InChI is InChI=1S/C14H22N2O4/c1-10-4-3-5-14(7-10,9-17)15-12(18)8-19-13-6-11(2)20-16-13/h6,10,17H,3-5,7-9H2,1-2H3,(H,15,18). The number of carbonyl (C=O) groups is 1. The van der Waals surface area contributed by atoms with Crippen LogP contribution in [0.3, 0.4) is 0 Å². The number of nitrogens with one attached hydrogen (secondary N) is 1. The lowest BCUT2D eigenvalue weighted by Crippen LogP contribution is -2.55. The van der Waals surface area contributed by atoms with Crippen LogP contribution in [0.5, 0.6) is 5.88 Å². The SMILES string of the molecule is Cc1cc(OCC(=O)NC2(CO)CCCC(C)C2)no1. The average molecular weight is 282 g/mol. The molecule has 0 bridgehead atoms. The second kappa shape index (κ2) is 6.26. The second-order valence-electron chi connectivity index (χ2n) is 5.75. The van der Waals surface area contributed by atoms with Crippen molar-refractivity contribution in [2.75, 3.05) is 13.2 Å². The fourth-order valence-electron chi connectivity index (χ4n) is 2.84. The first-order valence-corrected chi connectivity index (χ1v) is 7.01. The fourth-order valence-corrected chi connectivity index (χ4v) is 2.84. The summed E-state index contributed by atoms with van der Waals surface area (Å²) in [5.74, 6) is 1.20. The zero-order valence-electron chi connectivity index (χ0n) is 12.0. The van der Waals surface area contributed by atoms with E-state index in [4.69, 9.17) is 9.26 Å². The van der Waals surface area contributed by atoms with E-state index in [0.717, 1.165) is 25.7 Å². The van der Waals surface area contributed by atoms with Crippen LogP contribution >= 0.6 is 0 Å². The number of hydrogen-bond acceptors (Lipinski definition) is 5. The lowest BCUT2D eigenvalue weighted by Gasteiger charge is -2.39. The predicted molar refractivity (Wildman–Crippen MR) is 72.3 cm³/mol. The van der Waals surface area contributed by atoms with Crippen molar-refractivity contribution in [3.05, 3.63) is 11.8 Å². The third-order valence-corrected chi connectivity index (χ3v) is 3.76. The highest BCUT2D eigenvalue weighted by molar-refractivity contribution is 5.78. The van der Waals surface area contributed by atoms with Crippen LogP contribution in [0.2, 0.25) is 0 Å². The molecule has 0 radical (unpaired) electrons. The molecule has 0 aromatic carbocycles. The Hall–Kier alpha value is -1.56. The summed E-state index contributed by atoms with van der Waals surface area (Å²) in [6, 6.07) is 1.62. The fraction of sp³-hybridized carbons (Fsp3) is 0.714. The Labute approximate surface area is 118 Å². The van der Waals surface area contributed by atoms with Crippen LogP contribution in [0, 0.1) is 12.8 Å². The molecular weight excluding hydrogens is 260 g/mol. The maximum atomic E-state index is 12.0. The molecule has 112 valence electrons. The molecule has 6 nitrogen and oxygen atoms in total. The second-order valence-corrected chi connectivity index (χ2v) is 5.75. The van der Waals surface area contributed by atoms with Gasteiger partial charge in [-0.2, -0.15) is 0 Å². The molecular formula is C14H22N2O4. The summed E-state index contributed by atoms with van der Waals surface area (Å²) in [5, 5.41) is 16.2. The highest BCUT2D eigenvalue weighted by atomic mass is 16.5. The summed E-state index contributed by atoms with van der Waals surface area (Å²) in [6.45, 7) is 3.74. The minimum absolute atomic E-state index is 0.0356. The molecule has 20 heavy (non-hydrogen) atoms. The van der Waals surface area contributed by atoms with E-state index in [-0.39, 0.29) is 19.1 Å². The van der Waals surface area contributed by atoms with Crippen LogP contribution in [0.1, 0.15) is 38.4 Å². The van der Waals surface area contributed by atoms with Crippen molar-refractivity contribution in [1.82, 2.24) is 10.5 Å². The zero-order chi connectivity index (χ0) is 14.6. The summed E-state index contributed by atoms with van der Waals surface area (Å²) in [5.41, 5.74) is -0.502. The van der Waals surface area contributed by atoms with Gasteiger partial charge in [0, 0.05) is 6.07 Å². The molecule has 2 atom stereocenters. The first-order chi connectivity index (χ1) is 9.53. The van der Waals surface area contributed by atoms with Gasteiger partial charge in [-0.1, -0.05) is 19.8 Å². The molecule has 1 aliphatic rings. The smallest absolute Gasteiger partial charge is 0.258 e. The Morgan fingerprint density at radius 1 is 1.70 bits per heavy atom. The Bertz CT molecular complexity index is 460. The van der Waals surface area contributed by atoms with E-state index in [1.165, 1.54) is 0 Å². The molecule has 1 amide bonds. The number of aliphatic hydroxyl groups is 1. The van der Waals surface area contributed by atoms with Crippen molar-refractivity contribution >= 4 is 5.91 Å². The monoisotopic (exact) mass is 282 g/mol. The molecule has 1 aromatic rings. The van der Waals surface area contributed by atoms with E-state index in [9.17, 15) is 9.90 Å². The maximum Gasteiger partial charge on any atom is 0.258 e. The third kappa shape index (κ3) is 3.72. The van der Waals surface area contributed by atoms with E-state index in [1.54, 1.807) is 13.0 Å². The number of rotatable bonds is 5. The first kappa shape index (κ1) is 14.8. The number of aliphatic hydroxyl groups excluding tert-OH is 1. The van der Waals surface area contributed by atoms with E-state index >= 15 is 0 Å². The first-order valence-electron chi connectivity index (χ1n) is 7.01. The number of amides is 1. The van der Waals surface area contributed by atoms with Gasteiger partial charge in [0.25, 0.3) is 11.8 Å². The normalized spacial score (nSPS) is 26.2. The van der Waals surface area contributed by atoms with Crippen LogP contribution in [-0.2, 0) is 4.79 Å². The summed E-state index contributed by atoms with van der Waals surface area (Å²) in [6.07, 6.45) is 3.78. The Morgan fingerprint density at radius 2 is 2.50 bits per heavy atom. The number of ether oxygens (including phenoxy) is 1. The summed E-state index contributed by atoms with van der Waals surface area (Å²) in [4.78, 5) is 12.0. The van der Waals surface area contributed by atoms with Gasteiger partial charge in [0.1, 0.15) is 5.76 Å². The van der Waals surface area contributed by atoms with Crippen molar-refractivity contribution in [3.8, 4) is 5.88 Å². The minimum atomic E-state index is -0.502. The molecule has 2 N–H and O–H groups in total. The molecule has 2 unspecified atom stereocenters. The van der Waals surface area contributed by atoms with Gasteiger partial charge in [-0.3, -0.25) is 4.79 Å². The third-order valence-electron chi connectivity index (χ3n) is 3.76. The van der Waals surface area contributed by atoms with Crippen LogP contribution in [0.4, 0.5) is 0 Å². The van der Waals surface area contributed by atoms with E-state index in [0.29, 0.717) is 17.6 Å². The Morgan fingerprint density at radius 3 is 3.10 bits per heavy atom. The molecule has 1 heterocycles. The number of nitrogens with zero attached hydrogens (tertiary/aromatic N) is 1. The van der Waals surface area contributed by atoms with E-state index < -0.39 is 5.54 Å². The van der Waals surface area contributed by atoms with Gasteiger partial charge in [0.15, 0.2) is 6.61 Å². The molecule has 0 saturated heterocycles. The van der Waals surface area contributed by atoms with Crippen molar-refractivity contribution in [1.29, 1.82) is 0 Å². The van der Waals surface area contributed by atoms with Crippen molar-refractivity contribution in [2.24, 2.45) is 5.92 Å². The van der Waals surface area contributed by atoms with Crippen LogP contribution < -0.4 is 10.1 Å². The van der Waals surface area contributed by atoms with Crippen LogP contribution in [-0.4, -0.2) is 34.9 Å². The van der Waals surface area contributed by atoms with Crippen LogP contribution in [0.15, 0.2) is 10.6 Å². The lowest BCUT2D eigenvalue weighted by molar-refractivity contribution is -0.126. The summed E-state index contributed by atoms with van der Waals surface area (Å²) < 4.78 is 10.1. The predicted octanol–water partition coefficient (Wildman–Crippen LogP) is 1.42. The molecule has 6 heteroatoms. The molecule has 2 rings (SSSR count). The topological polar surface area (TPSA) is 84.6 Å². The van der Waals surface area contributed by atoms with E-state index in [2.05, 4.69) is 17.4 Å². The number of hydrogen-bond donors (Lipinski definition) is 2. The quantitative estimate of drug-likeness (QED) is 0.853. The Kier molecular flexibility index (Phi) is 4.65. The molecule has 1 fully saturated rings. The molecule has 0 aliphatic heterocycles. The van der Waals surface area contributed by atoms with Gasteiger partial charge in [-0.05, 0) is 30.8 Å². The number of aromatic nitrogens is 1. The number of aryl methyl sites for hydroxylation is 1. The lowest BCUT2D eigenvalue weighted by atomic mass is 9.77. The van der Waals surface area contributed by atoms with Crippen LogP contribution in [0.25, 0.3) is 0 Å². The number of carbonyl (C=O) groups excluding carboxylic acids is 1. The van der Waals surface area contributed by atoms with Crippen molar-refractivity contribution in [2.45, 2.75) is 45.1 Å². The molecule has 1 aliphatic carbocycles. The van der Waals surface area contributed by atoms with E-state index in [1.807, 2.05) is 0 Å². The highest BCUT2D eigenvalue weighted by Crippen LogP contribution is 2.31. The molecule has 1 aromatic heterocycles. The van der Waals surface area contributed by atoms with Crippen molar-refractivity contribution < 1.29 is 19.2 Å². The Balaban J connectivity index is 1.86. The molecule has 0 spiro atoms. The minimum Gasteiger partial charge on any atom is -0.465 e. The zero-order valence-corrected chi connectivity index (χ0v) is 12.0. The summed E-state index contributed by atoms with van der Waals surface area (Å²) in [7, 11) is 0. The molecule has 1 saturated carbocycles.